The first kappa shape index (κ1) is 13.3. The second-order valence-electron chi connectivity index (χ2n) is 4.84. The van der Waals surface area contributed by atoms with Crippen molar-refractivity contribution in [1.29, 1.82) is 0 Å². The van der Waals surface area contributed by atoms with E-state index in [-0.39, 0.29) is 22.6 Å². The Hall–Kier alpha value is -1.11. The standard InChI is InChI=1S/C12H18N2O3S/c1-8-3-2-4-11(13)12(8)18(16,17)14-7-9-5-10(15)6-9/h2-4,9-10,14-15H,5-7,13H2,1H3. The number of hydrogen-bond donors (Lipinski definition) is 3. The second-order valence-corrected chi connectivity index (χ2v) is 6.54. The summed E-state index contributed by atoms with van der Waals surface area (Å²) in [6.45, 7) is 2.07. The van der Waals surface area contributed by atoms with Gasteiger partial charge in [0.15, 0.2) is 0 Å². The Kier molecular flexibility index (Phi) is 3.61. The van der Waals surface area contributed by atoms with Gasteiger partial charge in [-0.05, 0) is 37.3 Å². The van der Waals surface area contributed by atoms with E-state index in [2.05, 4.69) is 4.72 Å². The summed E-state index contributed by atoms with van der Waals surface area (Å²) in [5.74, 6) is 0.222. The fourth-order valence-corrected chi connectivity index (χ4v) is 3.68. The van der Waals surface area contributed by atoms with Crippen molar-refractivity contribution in [3.8, 4) is 0 Å². The first-order chi connectivity index (χ1) is 8.40. The van der Waals surface area contributed by atoms with Gasteiger partial charge in [-0.25, -0.2) is 13.1 Å². The summed E-state index contributed by atoms with van der Waals surface area (Å²) in [7, 11) is -3.57. The van der Waals surface area contributed by atoms with Crippen LogP contribution in [-0.4, -0.2) is 26.2 Å². The number of aryl methyl sites for hydroxylation is 1. The average molecular weight is 270 g/mol. The molecule has 1 fully saturated rings. The van der Waals surface area contributed by atoms with Crippen LogP contribution in [0.25, 0.3) is 0 Å². The Morgan fingerprint density at radius 3 is 2.67 bits per heavy atom. The van der Waals surface area contributed by atoms with E-state index in [1.54, 1.807) is 25.1 Å². The maximum absolute atomic E-state index is 12.1. The summed E-state index contributed by atoms with van der Waals surface area (Å²) in [4.78, 5) is 0.157. The fourth-order valence-electron chi connectivity index (χ4n) is 2.21. The van der Waals surface area contributed by atoms with Crippen molar-refractivity contribution >= 4 is 15.7 Å². The molecular formula is C12H18N2O3S. The summed E-state index contributed by atoms with van der Waals surface area (Å²) in [5.41, 5.74) is 6.62. The van der Waals surface area contributed by atoms with Crippen LogP contribution in [0.2, 0.25) is 0 Å². The number of hydrogen-bond acceptors (Lipinski definition) is 4. The number of rotatable bonds is 4. The summed E-state index contributed by atoms with van der Waals surface area (Å²) in [6.07, 6.45) is 1.04. The molecule has 5 nitrogen and oxygen atoms in total. The minimum Gasteiger partial charge on any atom is -0.398 e. The van der Waals surface area contributed by atoms with Gasteiger partial charge in [0, 0.05) is 6.54 Å². The minimum atomic E-state index is -3.57. The Morgan fingerprint density at radius 2 is 2.11 bits per heavy atom. The molecule has 1 aromatic rings. The van der Waals surface area contributed by atoms with Crippen molar-refractivity contribution in [2.24, 2.45) is 5.92 Å². The van der Waals surface area contributed by atoms with E-state index in [0.717, 1.165) is 0 Å². The van der Waals surface area contributed by atoms with Crippen LogP contribution in [0, 0.1) is 12.8 Å². The predicted octanol–water partition coefficient (Wildman–Crippen LogP) is 0.626. The monoisotopic (exact) mass is 270 g/mol. The van der Waals surface area contributed by atoms with Crippen LogP contribution < -0.4 is 10.5 Å². The topological polar surface area (TPSA) is 92.4 Å². The number of aliphatic hydroxyl groups excluding tert-OH is 1. The fraction of sp³-hybridized carbons (Fsp3) is 0.500. The van der Waals surface area contributed by atoms with Crippen molar-refractivity contribution in [3.05, 3.63) is 23.8 Å². The van der Waals surface area contributed by atoms with E-state index in [1.807, 2.05) is 0 Å². The lowest BCUT2D eigenvalue weighted by Gasteiger charge is -2.31. The Balaban J connectivity index is 2.11. The molecule has 0 aromatic heterocycles. The van der Waals surface area contributed by atoms with Crippen LogP contribution in [0.3, 0.4) is 0 Å². The molecule has 1 aromatic carbocycles. The van der Waals surface area contributed by atoms with Crippen molar-refractivity contribution in [1.82, 2.24) is 4.72 Å². The summed E-state index contributed by atoms with van der Waals surface area (Å²) >= 11 is 0. The van der Waals surface area contributed by atoms with Gasteiger partial charge in [0.2, 0.25) is 10.0 Å². The SMILES string of the molecule is Cc1cccc(N)c1S(=O)(=O)NCC1CC(O)C1. The van der Waals surface area contributed by atoms with Crippen LogP contribution in [0.4, 0.5) is 5.69 Å². The molecule has 100 valence electrons. The molecule has 0 amide bonds. The molecule has 6 heteroatoms. The van der Waals surface area contributed by atoms with E-state index in [4.69, 9.17) is 10.8 Å². The quantitative estimate of drug-likeness (QED) is 0.700. The molecule has 0 heterocycles. The third-order valence-corrected chi connectivity index (χ3v) is 4.93. The van der Waals surface area contributed by atoms with Gasteiger partial charge in [-0.15, -0.1) is 0 Å². The largest absolute Gasteiger partial charge is 0.398 e. The van der Waals surface area contributed by atoms with Gasteiger partial charge in [0.25, 0.3) is 0 Å². The summed E-state index contributed by atoms with van der Waals surface area (Å²) in [6, 6.07) is 5.03. The van der Waals surface area contributed by atoms with Crippen LogP contribution in [0.15, 0.2) is 23.1 Å². The van der Waals surface area contributed by atoms with Crippen molar-refractivity contribution in [3.63, 3.8) is 0 Å². The number of benzene rings is 1. The van der Waals surface area contributed by atoms with Crippen LogP contribution in [0.1, 0.15) is 18.4 Å². The van der Waals surface area contributed by atoms with Crippen molar-refractivity contribution in [2.75, 3.05) is 12.3 Å². The maximum atomic E-state index is 12.1. The van der Waals surface area contributed by atoms with E-state index in [9.17, 15) is 8.42 Å². The molecule has 0 bridgehead atoms. The molecule has 1 aliphatic rings. The molecule has 0 radical (unpaired) electrons. The smallest absolute Gasteiger partial charge is 0.242 e. The Morgan fingerprint density at radius 1 is 1.44 bits per heavy atom. The third-order valence-electron chi connectivity index (χ3n) is 3.28. The van der Waals surface area contributed by atoms with Gasteiger partial charge in [-0.1, -0.05) is 12.1 Å². The van der Waals surface area contributed by atoms with Crippen molar-refractivity contribution < 1.29 is 13.5 Å². The molecule has 2 rings (SSSR count). The number of anilines is 1. The highest BCUT2D eigenvalue weighted by Gasteiger charge is 2.29. The van der Waals surface area contributed by atoms with Gasteiger partial charge < -0.3 is 10.8 Å². The van der Waals surface area contributed by atoms with E-state index in [1.165, 1.54) is 0 Å². The predicted molar refractivity (Wildman–Crippen MR) is 69.5 cm³/mol. The number of nitrogens with two attached hydrogens (primary N) is 1. The van der Waals surface area contributed by atoms with Gasteiger partial charge in [0.05, 0.1) is 11.8 Å². The lowest BCUT2D eigenvalue weighted by atomic mass is 9.83. The second kappa shape index (κ2) is 4.87. The maximum Gasteiger partial charge on any atom is 0.242 e. The van der Waals surface area contributed by atoms with Gasteiger partial charge in [0.1, 0.15) is 4.90 Å². The highest BCUT2D eigenvalue weighted by molar-refractivity contribution is 7.89. The molecule has 0 saturated heterocycles. The number of nitrogen functional groups attached to an aromatic ring is 1. The molecule has 1 aliphatic carbocycles. The van der Waals surface area contributed by atoms with E-state index < -0.39 is 10.0 Å². The van der Waals surface area contributed by atoms with Crippen LogP contribution in [-0.2, 0) is 10.0 Å². The molecule has 0 spiro atoms. The van der Waals surface area contributed by atoms with Gasteiger partial charge in [-0.2, -0.15) is 0 Å². The first-order valence-electron chi connectivity index (χ1n) is 5.93. The lowest BCUT2D eigenvalue weighted by Crippen LogP contribution is -2.38. The van der Waals surface area contributed by atoms with Crippen LogP contribution >= 0.6 is 0 Å². The molecule has 1 saturated carbocycles. The molecule has 0 unspecified atom stereocenters. The summed E-state index contributed by atoms with van der Waals surface area (Å²) < 4.78 is 26.9. The average Bonchev–Trinajstić information content (AvgIpc) is 2.22. The summed E-state index contributed by atoms with van der Waals surface area (Å²) in [5, 5.41) is 9.16. The third kappa shape index (κ3) is 2.66. The zero-order valence-electron chi connectivity index (χ0n) is 10.3. The Bertz CT molecular complexity index is 516. The zero-order chi connectivity index (χ0) is 13.3. The minimum absolute atomic E-state index is 0.157. The highest BCUT2D eigenvalue weighted by atomic mass is 32.2. The molecule has 0 aliphatic heterocycles. The van der Waals surface area contributed by atoms with Gasteiger partial charge >= 0.3 is 0 Å². The van der Waals surface area contributed by atoms with E-state index in [0.29, 0.717) is 24.9 Å². The molecule has 4 N–H and O–H groups in total. The van der Waals surface area contributed by atoms with Crippen molar-refractivity contribution in [2.45, 2.75) is 30.8 Å². The number of nitrogens with one attached hydrogen (secondary N) is 1. The molecule has 18 heavy (non-hydrogen) atoms. The molecule has 0 atom stereocenters. The number of sulfonamides is 1. The van der Waals surface area contributed by atoms with E-state index >= 15 is 0 Å². The zero-order valence-corrected chi connectivity index (χ0v) is 11.1. The molecular weight excluding hydrogens is 252 g/mol. The van der Waals surface area contributed by atoms with Gasteiger partial charge in [-0.3, -0.25) is 0 Å². The lowest BCUT2D eigenvalue weighted by molar-refractivity contribution is 0.0453. The first-order valence-corrected chi connectivity index (χ1v) is 7.41. The highest BCUT2D eigenvalue weighted by Crippen LogP contribution is 2.27. The Labute approximate surface area is 107 Å². The van der Waals surface area contributed by atoms with Crippen LogP contribution in [0.5, 0.6) is 0 Å². The normalized spacial score (nSPS) is 23.7. The number of aliphatic hydroxyl groups is 1.